The average Bonchev–Trinajstić information content (AvgIpc) is 2.16. The van der Waals surface area contributed by atoms with Crippen LogP contribution in [0.25, 0.3) is 0 Å². The summed E-state index contributed by atoms with van der Waals surface area (Å²) in [7, 11) is -3.42. The van der Waals surface area contributed by atoms with Crippen molar-refractivity contribution in [3.63, 3.8) is 0 Å². The van der Waals surface area contributed by atoms with Crippen molar-refractivity contribution in [3.05, 3.63) is 28.2 Å². The molecular weight excluding hydrogens is 318 g/mol. The van der Waals surface area contributed by atoms with E-state index in [0.29, 0.717) is 4.47 Å². The molecule has 0 aliphatic heterocycles. The lowest BCUT2D eigenvalue weighted by atomic mass is 10.2. The summed E-state index contributed by atoms with van der Waals surface area (Å²) in [5.41, 5.74) is -0.786. The van der Waals surface area contributed by atoms with Crippen LogP contribution in [0, 0.1) is 0 Å². The van der Waals surface area contributed by atoms with Crippen LogP contribution in [0.5, 0.6) is 0 Å². The number of hydrogen-bond donors (Lipinski definition) is 0. The molecule has 0 fully saturated rings. The highest BCUT2D eigenvalue weighted by atomic mass is 79.9. The molecule has 0 saturated carbocycles. The standard InChI is InChI=1S/C9H7BrClNO3S/c1-16(14,15)8-4-6(10)2-3-7(8)9(11)12-5-13/h2-4,9H,1H3. The van der Waals surface area contributed by atoms with Gasteiger partial charge in [0.25, 0.3) is 0 Å². The van der Waals surface area contributed by atoms with E-state index in [-0.39, 0.29) is 10.5 Å². The number of carbonyl (C=O) groups excluding carboxylic acids is 1. The second-order valence-corrected chi connectivity index (χ2v) is 6.32. The molecule has 0 saturated heterocycles. The summed E-state index contributed by atoms with van der Waals surface area (Å²) in [5, 5.41) is 0. The predicted octanol–water partition coefficient (Wildman–Crippen LogP) is 2.43. The molecule has 0 bridgehead atoms. The third-order valence-corrected chi connectivity index (χ3v) is 3.78. The van der Waals surface area contributed by atoms with Gasteiger partial charge in [-0.2, -0.15) is 4.99 Å². The SMILES string of the molecule is CS(=O)(=O)c1cc(Br)ccc1C(Cl)N=C=O. The Morgan fingerprint density at radius 2 is 2.12 bits per heavy atom. The minimum atomic E-state index is -3.42. The Bertz CT molecular complexity index is 552. The molecule has 0 aromatic heterocycles. The van der Waals surface area contributed by atoms with Crippen molar-refractivity contribution in [1.82, 2.24) is 0 Å². The molecule has 0 amide bonds. The zero-order valence-corrected chi connectivity index (χ0v) is 11.3. The number of rotatable bonds is 3. The van der Waals surface area contributed by atoms with Gasteiger partial charge in [0.15, 0.2) is 15.3 Å². The average molecular weight is 325 g/mol. The summed E-state index contributed by atoms with van der Waals surface area (Å²) >= 11 is 8.92. The van der Waals surface area contributed by atoms with E-state index in [1.807, 2.05) is 0 Å². The van der Waals surface area contributed by atoms with Crippen molar-refractivity contribution in [1.29, 1.82) is 0 Å². The van der Waals surface area contributed by atoms with Crippen LogP contribution in [0.4, 0.5) is 0 Å². The third kappa shape index (κ3) is 3.15. The van der Waals surface area contributed by atoms with E-state index >= 15 is 0 Å². The zero-order valence-electron chi connectivity index (χ0n) is 8.15. The van der Waals surface area contributed by atoms with Crippen LogP contribution in [0.3, 0.4) is 0 Å². The van der Waals surface area contributed by atoms with Gasteiger partial charge in [-0.25, -0.2) is 13.2 Å². The number of alkyl halides is 1. The topological polar surface area (TPSA) is 63.6 Å². The summed E-state index contributed by atoms with van der Waals surface area (Å²) < 4.78 is 23.6. The maximum Gasteiger partial charge on any atom is 0.236 e. The fourth-order valence-electron chi connectivity index (χ4n) is 1.14. The molecule has 0 heterocycles. The number of aliphatic imine (C=N–C) groups is 1. The first kappa shape index (κ1) is 13.4. The van der Waals surface area contributed by atoms with E-state index in [2.05, 4.69) is 20.9 Å². The second-order valence-electron chi connectivity index (χ2n) is 3.01. The molecule has 4 nitrogen and oxygen atoms in total. The van der Waals surface area contributed by atoms with Crippen molar-refractivity contribution >= 4 is 43.4 Å². The highest BCUT2D eigenvalue weighted by Gasteiger charge is 2.19. The van der Waals surface area contributed by atoms with Gasteiger partial charge < -0.3 is 0 Å². The van der Waals surface area contributed by atoms with Gasteiger partial charge >= 0.3 is 0 Å². The van der Waals surface area contributed by atoms with Gasteiger partial charge in [-0.05, 0) is 12.1 Å². The number of sulfone groups is 1. The van der Waals surface area contributed by atoms with Crippen LogP contribution in [-0.2, 0) is 14.6 Å². The van der Waals surface area contributed by atoms with E-state index in [1.54, 1.807) is 6.07 Å². The van der Waals surface area contributed by atoms with Gasteiger partial charge in [0.2, 0.25) is 6.08 Å². The summed E-state index contributed by atoms with van der Waals surface area (Å²) in [6.45, 7) is 0. The van der Waals surface area contributed by atoms with Crippen LogP contribution < -0.4 is 0 Å². The fourth-order valence-corrected chi connectivity index (χ4v) is 2.90. The monoisotopic (exact) mass is 323 g/mol. The summed E-state index contributed by atoms with van der Waals surface area (Å²) in [6, 6.07) is 4.54. The Labute approximate surface area is 106 Å². The molecule has 1 aromatic carbocycles. The molecule has 1 atom stereocenters. The van der Waals surface area contributed by atoms with E-state index in [1.165, 1.54) is 18.2 Å². The maximum absolute atomic E-state index is 11.5. The van der Waals surface area contributed by atoms with Crippen LogP contribution >= 0.6 is 27.5 Å². The minimum Gasteiger partial charge on any atom is -0.224 e. The van der Waals surface area contributed by atoms with Crippen molar-refractivity contribution < 1.29 is 13.2 Å². The van der Waals surface area contributed by atoms with Crippen molar-refractivity contribution in [2.75, 3.05) is 6.26 Å². The van der Waals surface area contributed by atoms with Gasteiger partial charge in [-0.3, -0.25) is 0 Å². The Morgan fingerprint density at radius 1 is 1.50 bits per heavy atom. The number of benzene rings is 1. The lowest BCUT2D eigenvalue weighted by molar-refractivity contribution is 0.562. The van der Waals surface area contributed by atoms with E-state index in [4.69, 9.17) is 11.6 Å². The minimum absolute atomic E-state index is 0.0425. The van der Waals surface area contributed by atoms with Gasteiger partial charge in [-0.15, -0.1) is 0 Å². The quantitative estimate of drug-likeness (QED) is 0.371. The Hall–Kier alpha value is -0.680. The molecule has 0 spiro atoms. The lowest BCUT2D eigenvalue weighted by Crippen LogP contribution is -2.03. The molecule has 1 unspecified atom stereocenters. The smallest absolute Gasteiger partial charge is 0.224 e. The van der Waals surface area contributed by atoms with Crippen LogP contribution in [0.15, 0.2) is 32.6 Å². The molecule has 16 heavy (non-hydrogen) atoms. The van der Waals surface area contributed by atoms with Gasteiger partial charge in [0.05, 0.1) is 4.90 Å². The molecular formula is C9H7BrClNO3S. The lowest BCUT2D eigenvalue weighted by Gasteiger charge is -2.09. The molecule has 0 aliphatic carbocycles. The van der Waals surface area contributed by atoms with E-state index in [9.17, 15) is 13.2 Å². The number of hydrogen-bond acceptors (Lipinski definition) is 4. The van der Waals surface area contributed by atoms with E-state index in [0.717, 1.165) is 6.26 Å². The summed E-state index contributed by atoms with van der Waals surface area (Å²) in [6.07, 6.45) is 2.36. The normalized spacial score (nSPS) is 12.9. The first-order valence-electron chi connectivity index (χ1n) is 4.07. The number of halogens is 2. The molecule has 0 N–H and O–H groups in total. The summed E-state index contributed by atoms with van der Waals surface area (Å²) in [5.74, 6) is 0. The van der Waals surface area contributed by atoms with Gasteiger partial charge in [0.1, 0.15) is 0 Å². The number of nitrogens with zero attached hydrogens (tertiary/aromatic N) is 1. The Kier molecular flexibility index (Phi) is 4.27. The molecule has 1 aromatic rings. The molecule has 0 aliphatic rings. The highest BCUT2D eigenvalue weighted by molar-refractivity contribution is 9.10. The van der Waals surface area contributed by atoms with E-state index < -0.39 is 15.3 Å². The van der Waals surface area contributed by atoms with Crippen LogP contribution in [0.1, 0.15) is 11.1 Å². The molecule has 0 radical (unpaired) electrons. The highest BCUT2D eigenvalue weighted by Crippen LogP contribution is 2.30. The largest absolute Gasteiger partial charge is 0.236 e. The second kappa shape index (κ2) is 5.10. The first-order chi connectivity index (χ1) is 7.36. The van der Waals surface area contributed by atoms with Crippen molar-refractivity contribution in [2.24, 2.45) is 4.99 Å². The first-order valence-corrected chi connectivity index (χ1v) is 7.19. The van der Waals surface area contributed by atoms with Crippen LogP contribution in [0.2, 0.25) is 0 Å². The molecule has 86 valence electrons. The van der Waals surface area contributed by atoms with Crippen molar-refractivity contribution in [3.8, 4) is 0 Å². The Morgan fingerprint density at radius 3 is 2.62 bits per heavy atom. The molecule has 1 rings (SSSR count). The number of isocyanates is 1. The Balaban J connectivity index is 3.45. The molecule has 7 heteroatoms. The van der Waals surface area contributed by atoms with Crippen LogP contribution in [-0.4, -0.2) is 20.8 Å². The van der Waals surface area contributed by atoms with Gasteiger partial charge in [0, 0.05) is 16.3 Å². The van der Waals surface area contributed by atoms with Gasteiger partial charge in [-0.1, -0.05) is 33.6 Å². The summed E-state index contributed by atoms with van der Waals surface area (Å²) in [4.78, 5) is 13.4. The predicted molar refractivity (Wildman–Crippen MR) is 64.0 cm³/mol. The fraction of sp³-hybridized carbons (Fsp3) is 0.222. The third-order valence-electron chi connectivity index (χ3n) is 1.80. The maximum atomic E-state index is 11.5. The zero-order chi connectivity index (χ0) is 12.3. The van der Waals surface area contributed by atoms with Crippen molar-refractivity contribution in [2.45, 2.75) is 10.4 Å².